The summed E-state index contributed by atoms with van der Waals surface area (Å²) >= 11 is 0. The van der Waals surface area contributed by atoms with Crippen molar-refractivity contribution in [1.82, 2.24) is 10.6 Å². The molecule has 1 aliphatic rings. The van der Waals surface area contributed by atoms with Crippen molar-refractivity contribution in [1.29, 1.82) is 0 Å². The van der Waals surface area contributed by atoms with Crippen LogP contribution in [0, 0.1) is 5.41 Å². The van der Waals surface area contributed by atoms with Gasteiger partial charge in [0.1, 0.15) is 9.84 Å². The molecule has 0 aromatic heterocycles. The summed E-state index contributed by atoms with van der Waals surface area (Å²) in [5.41, 5.74) is -0.141. The van der Waals surface area contributed by atoms with Crippen LogP contribution >= 0.6 is 24.0 Å². The van der Waals surface area contributed by atoms with E-state index >= 15 is 0 Å². The van der Waals surface area contributed by atoms with Crippen molar-refractivity contribution >= 4 is 39.8 Å². The smallest absolute Gasteiger partial charge is 0.191 e. The Morgan fingerprint density at radius 1 is 1.38 bits per heavy atom. The molecule has 0 radical (unpaired) electrons. The Balaban J connectivity index is 0.00000529. The molecule has 1 fully saturated rings. The number of aliphatic imine (C=N–C) groups is 1. The second-order valence-corrected chi connectivity index (χ2v) is 9.60. The molecule has 1 rings (SSSR count). The zero-order chi connectivity index (χ0) is 17.9. The van der Waals surface area contributed by atoms with Crippen molar-refractivity contribution in [3.05, 3.63) is 0 Å². The van der Waals surface area contributed by atoms with Gasteiger partial charge in [-0.25, -0.2) is 8.42 Å². The Kier molecular flexibility index (Phi) is 8.99. The summed E-state index contributed by atoms with van der Waals surface area (Å²) in [6.45, 7) is 11.1. The topological polar surface area (TPSA) is 79.8 Å². The van der Waals surface area contributed by atoms with Gasteiger partial charge in [0.25, 0.3) is 0 Å². The summed E-state index contributed by atoms with van der Waals surface area (Å²) in [6, 6.07) is 0.312. The van der Waals surface area contributed by atoms with E-state index in [2.05, 4.69) is 36.4 Å². The molecule has 0 aromatic rings. The maximum Gasteiger partial charge on any atom is 0.191 e. The third-order valence-electron chi connectivity index (χ3n) is 5.21. The molecule has 144 valence electrons. The third-order valence-corrected chi connectivity index (χ3v) is 6.19. The van der Waals surface area contributed by atoms with Gasteiger partial charge in [-0.05, 0) is 33.6 Å². The van der Waals surface area contributed by atoms with E-state index in [9.17, 15) is 8.42 Å². The number of hydrogen-bond acceptors (Lipinski definition) is 4. The highest BCUT2D eigenvalue weighted by molar-refractivity contribution is 14.0. The minimum absolute atomic E-state index is 0. The number of nitrogens with one attached hydrogen (secondary N) is 2. The van der Waals surface area contributed by atoms with Crippen LogP contribution in [0.3, 0.4) is 0 Å². The first-order valence-corrected chi connectivity index (χ1v) is 10.3. The van der Waals surface area contributed by atoms with Gasteiger partial charge in [0.15, 0.2) is 5.96 Å². The van der Waals surface area contributed by atoms with Crippen LogP contribution in [-0.2, 0) is 14.6 Å². The SMILES string of the molecule is CCN=C(NC(C)CCS(C)(=O)=O)NC1CC(C)(OC)C1(C)C.I. The van der Waals surface area contributed by atoms with Crippen LogP contribution in [0.5, 0.6) is 0 Å². The van der Waals surface area contributed by atoms with E-state index in [1.54, 1.807) is 7.11 Å². The molecule has 1 saturated carbocycles. The molecule has 0 saturated heterocycles. The lowest BCUT2D eigenvalue weighted by Crippen LogP contribution is -2.69. The van der Waals surface area contributed by atoms with Crippen LogP contribution in [0.4, 0.5) is 0 Å². The Labute approximate surface area is 164 Å². The summed E-state index contributed by atoms with van der Waals surface area (Å²) in [5.74, 6) is 0.918. The van der Waals surface area contributed by atoms with Crippen LogP contribution in [0.15, 0.2) is 4.99 Å². The molecule has 0 aliphatic heterocycles. The van der Waals surface area contributed by atoms with Crippen molar-refractivity contribution in [3.63, 3.8) is 0 Å². The molecule has 0 heterocycles. The average Bonchev–Trinajstić information content (AvgIpc) is 2.43. The van der Waals surface area contributed by atoms with Gasteiger partial charge < -0.3 is 15.4 Å². The zero-order valence-corrected chi connectivity index (χ0v) is 19.1. The number of ether oxygens (including phenoxy) is 1. The highest BCUT2D eigenvalue weighted by atomic mass is 127. The van der Waals surface area contributed by atoms with Crippen molar-refractivity contribution in [2.45, 2.75) is 65.1 Å². The maximum absolute atomic E-state index is 11.3. The first-order chi connectivity index (χ1) is 10.4. The second-order valence-electron chi connectivity index (χ2n) is 7.34. The lowest BCUT2D eigenvalue weighted by molar-refractivity contribution is -0.176. The normalized spacial score (nSPS) is 27.6. The first-order valence-electron chi connectivity index (χ1n) is 8.25. The van der Waals surface area contributed by atoms with Crippen LogP contribution in [-0.4, -0.2) is 57.7 Å². The number of sulfone groups is 1. The van der Waals surface area contributed by atoms with E-state index in [4.69, 9.17) is 4.74 Å². The standard InChI is InChI=1S/C16H33N3O3S.HI/c1-8-17-14(18-12(2)9-10-23(7,20)21)19-13-11-16(5,22-6)15(13,3)4;/h12-13H,8-11H2,1-7H3,(H2,17,18,19);1H. The monoisotopic (exact) mass is 475 g/mol. The summed E-state index contributed by atoms with van der Waals surface area (Å²) in [4.78, 5) is 4.47. The number of guanidine groups is 1. The van der Waals surface area contributed by atoms with Gasteiger partial charge in [-0.3, -0.25) is 4.99 Å². The highest BCUT2D eigenvalue weighted by Gasteiger charge is 2.58. The van der Waals surface area contributed by atoms with Crippen molar-refractivity contribution in [2.24, 2.45) is 10.4 Å². The van der Waals surface area contributed by atoms with Crippen LogP contribution in [0.1, 0.15) is 47.5 Å². The summed E-state index contributed by atoms with van der Waals surface area (Å²) < 4.78 is 28.2. The molecule has 1 aliphatic carbocycles. The first kappa shape index (κ1) is 23.9. The van der Waals surface area contributed by atoms with Crippen molar-refractivity contribution in [2.75, 3.05) is 25.7 Å². The molecule has 6 nitrogen and oxygen atoms in total. The number of nitrogens with zero attached hydrogens (tertiary/aromatic N) is 1. The van der Waals surface area contributed by atoms with Gasteiger partial charge in [-0.15, -0.1) is 24.0 Å². The Morgan fingerprint density at radius 2 is 1.96 bits per heavy atom. The van der Waals surface area contributed by atoms with E-state index in [0.29, 0.717) is 13.0 Å². The lowest BCUT2D eigenvalue weighted by Gasteiger charge is -2.59. The van der Waals surface area contributed by atoms with Crippen LogP contribution in [0.2, 0.25) is 0 Å². The molecular weight excluding hydrogens is 441 g/mol. The fourth-order valence-electron chi connectivity index (χ4n) is 2.88. The fraction of sp³-hybridized carbons (Fsp3) is 0.938. The quantitative estimate of drug-likeness (QED) is 0.335. The predicted molar refractivity (Wildman–Crippen MR) is 111 cm³/mol. The van der Waals surface area contributed by atoms with Gasteiger partial charge in [-0.1, -0.05) is 13.8 Å². The number of halogens is 1. The van der Waals surface area contributed by atoms with E-state index in [1.165, 1.54) is 6.26 Å². The van der Waals surface area contributed by atoms with Gasteiger partial charge in [0, 0.05) is 37.4 Å². The largest absolute Gasteiger partial charge is 0.378 e. The molecular formula is C16H34IN3O3S. The Hall–Kier alpha value is -0.0900. The number of methoxy groups -OCH3 is 1. The van der Waals surface area contributed by atoms with Gasteiger partial charge >= 0.3 is 0 Å². The average molecular weight is 475 g/mol. The van der Waals surface area contributed by atoms with Crippen LogP contribution in [0.25, 0.3) is 0 Å². The lowest BCUT2D eigenvalue weighted by atomic mass is 9.56. The molecule has 0 bridgehead atoms. The maximum atomic E-state index is 11.3. The molecule has 0 amide bonds. The molecule has 0 aromatic carbocycles. The van der Waals surface area contributed by atoms with E-state index in [-0.39, 0.29) is 52.8 Å². The molecule has 0 spiro atoms. The number of hydrogen-bond donors (Lipinski definition) is 2. The molecule has 3 atom stereocenters. The number of rotatable bonds is 7. The minimum atomic E-state index is -2.94. The second kappa shape index (κ2) is 9.02. The van der Waals surface area contributed by atoms with E-state index in [1.807, 2.05) is 13.8 Å². The minimum Gasteiger partial charge on any atom is -0.378 e. The molecule has 2 N–H and O–H groups in total. The summed E-state index contributed by atoms with van der Waals surface area (Å²) in [7, 11) is -1.18. The van der Waals surface area contributed by atoms with Gasteiger partial charge in [0.05, 0.1) is 11.4 Å². The fourth-order valence-corrected chi connectivity index (χ4v) is 3.66. The third kappa shape index (κ3) is 6.01. The molecule has 24 heavy (non-hydrogen) atoms. The predicted octanol–water partition coefficient (Wildman–Crippen LogP) is 2.19. The van der Waals surface area contributed by atoms with E-state index in [0.717, 1.165) is 12.4 Å². The van der Waals surface area contributed by atoms with Crippen LogP contribution < -0.4 is 10.6 Å². The van der Waals surface area contributed by atoms with Crippen molar-refractivity contribution < 1.29 is 13.2 Å². The highest BCUT2D eigenvalue weighted by Crippen LogP contribution is 2.51. The van der Waals surface area contributed by atoms with Gasteiger partial charge in [0.2, 0.25) is 0 Å². The Morgan fingerprint density at radius 3 is 2.38 bits per heavy atom. The van der Waals surface area contributed by atoms with Crippen molar-refractivity contribution in [3.8, 4) is 0 Å². The molecule has 8 heteroatoms. The summed E-state index contributed by atoms with van der Waals surface area (Å²) in [6.07, 6.45) is 2.74. The Bertz CT molecular complexity index is 537. The molecule has 3 unspecified atom stereocenters. The van der Waals surface area contributed by atoms with Gasteiger partial charge in [-0.2, -0.15) is 0 Å². The zero-order valence-electron chi connectivity index (χ0n) is 16.0. The summed E-state index contributed by atoms with van der Waals surface area (Å²) in [5, 5.41) is 6.78. The van der Waals surface area contributed by atoms with E-state index < -0.39 is 9.84 Å².